The van der Waals surface area contributed by atoms with Crippen molar-refractivity contribution in [2.24, 2.45) is 0 Å². The van der Waals surface area contributed by atoms with Crippen molar-refractivity contribution in [2.75, 3.05) is 26.2 Å². The molecule has 0 spiro atoms. The van der Waals surface area contributed by atoms with Gasteiger partial charge in [-0.3, -0.25) is 4.90 Å². The van der Waals surface area contributed by atoms with Gasteiger partial charge >= 0.3 is 6.03 Å². The second kappa shape index (κ2) is 8.01. The van der Waals surface area contributed by atoms with E-state index in [1.54, 1.807) is 18.3 Å². The molecule has 2 amide bonds. The predicted octanol–water partition coefficient (Wildman–Crippen LogP) is 2.91. The molecule has 2 aliphatic carbocycles. The van der Waals surface area contributed by atoms with E-state index in [1.165, 1.54) is 12.8 Å². The van der Waals surface area contributed by atoms with Gasteiger partial charge in [0.15, 0.2) is 0 Å². The van der Waals surface area contributed by atoms with Gasteiger partial charge in [0.25, 0.3) is 0 Å². The van der Waals surface area contributed by atoms with Crippen LogP contribution >= 0.6 is 11.6 Å². The summed E-state index contributed by atoms with van der Waals surface area (Å²) < 4.78 is 5.92. The van der Waals surface area contributed by atoms with E-state index in [1.807, 2.05) is 4.90 Å². The first-order valence-corrected chi connectivity index (χ1v) is 10.1. The number of carbonyl (C=O) groups is 1. The van der Waals surface area contributed by atoms with Gasteiger partial charge in [0.2, 0.25) is 5.88 Å². The van der Waals surface area contributed by atoms with Crippen molar-refractivity contribution in [2.45, 2.75) is 56.7 Å². The topological polar surface area (TPSA) is 57.7 Å². The maximum Gasteiger partial charge on any atom is 0.317 e. The van der Waals surface area contributed by atoms with Gasteiger partial charge in [0.1, 0.15) is 11.1 Å². The van der Waals surface area contributed by atoms with Gasteiger partial charge < -0.3 is 15.0 Å². The van der Waals surface area contributed by atoms with Gasteiger partial charge in [0.05, 0.1) is 0 Å². The lowest BCUT2D eigenvalue weighted by Crippen LogP contribution is -2.54. The molecular weight excluding hydrogens is 352 g/mol. The SMILES string of the molecule is O=C(NC1CCC(Oc2ncccc2Cl)CC1)N1CCN(C2CC2)CC1. The highest BCUT2D eigenvalue weighted by atomic mass is 35.5. The lowest BCUT2D eigenvalue weighted by molar-refractivity contribution is 0.118. The number of pyridine rings is 1. The Kier molecular flexibility index (Phi) is 5.50. The molecule has 0 bridgehead atoms. The average molecular weight is 379 g/mol. The van der Waals surface area contributed by atoms with E-state index in [0.717, 1.165) is 57.9 Å². The number of ether oxygens (including phenoxy) is 1. The standard InChI is InChI=1S/C19H27ClN4O2/c20-17-2-1-9-21-18(17)26-16-7-3-14(4-8-16)22-19(25)24-12-10-23(11-13-24)15-5-6-15/h1-2,9,14-16H,3-8,10-13H2,(H,22,25). The van der Waals surface area contributed by atoms with Crippen LogP contribution in [0.5, 0.6) is 5.88 Å². The molecule has 1 N–H and O–H groups in total. The van der Waals surface area contributed by atoms with E-state index in [4.69, 9.17) is 16.3 Å². The summed E-state index contributed by atoms with van der Waals surface area (Å²) in [5, 5.41) is 3.76. The van der Waals surface area contributed by atoms with Crippen LogP contribution < -0.4 is 10.1 Å². The quantitative estimate of drug-likeness (QED) is 0.875. The largest absolute Gasteiger partial charge is 0.473 e. The highest BCUT2D eigenvalue weighted by Gasteiger charge is 2.33. The molecule has 0 radical (unpaired) electrons. The molecule has 0 atom stereocenters. The number of carbonyl (C=O) groups excluding carboxylic acids is 1. The smallest absolute Gasteiger partial charge is 0.317 e. The van der Waals surface area contributed by atoms with Gasteiger partial charge in [-0.2, -0.15) is 0 Å². The Morgan fingerprint density at radius 1 is 1.12 bits per heavy atom. The number of aromatic nitrogens is 1. The predicted molar refractivity (Wildman–Crippen MR) is 101 cm³/mol. The molecule has 0 aromatic carbocycles. The second-order valence-corrected chi connectivity index (χ2v) is 7.99. The fourth-order valence-corrected chi connectivity index (χ4v) is 4.10. The summed E-state index contributed by atoms with van der Waals surface area (Å²) in [6.45, 7) is 3.73. The normalized spacial score (nSPS) is 27.2. The minimum Gasteiger partial charge on any atom is -0.473 e. The number of nitrogens with one attached hydrogen (secondary N) is 1. The van der Waals surface area contributed by atoms with Crippen molar-refractivity contribution in [3.05, 3.63) is 23.4 Å². The number of urea groups is 1. The highest BCUT2D eigenvalue weighted by Crippen LogP contribution is 2.28. The third-order valence-electron chi connectivity index (χ3n) is 5.67. The fraction of sp³-hybridized carbons (Fsp3) is 0.684. The van der Waals surface area contributed by atoms with Crippen LogP contribution in [0.25, 0.3) is 0 Å². The zero-order valence-electron chi connectivity index (χ0n) is 15.1. The van der Waals surface area contributed by atoms with Crippen LogP contribution in [0.3, 0.4) is 0 Å². The van der Waals surface area contributed by atoms with E-state index >= 15 is 0 Å². The van der Waals surface area contributed by atoms with Crippen LogP contribution in [0.2, 0.25) is 5.02 Å². The maximum absolute atomic E-state index is 12.5. The van der Waals surface area contributed by atoms with Crippen molar-refractivity contribution >= 4 is 17.6 Å². The molecule has 142 valence electrons. The van der Waals surface area contributed by atoms with Gasteiger partial charge in [-0.1, -0.05) is 11.6 Å². The van der Waals surface area contributed by atoms with Crippen LogP contribution in [-0.2, 0) is 0 Å². The number of amides is 2. The first-order valence-electron chi connectivity index (χ1n) is 9.75. The Bertz CT molecular complexity index is 624. The fourth-order valence-electron chi connectivity index (χ4n) is 3.94. The Labute approximate surface area is 159 Å². The molecule has 0 unspecified atom stereocenters. The van der Waals surface area contributed by atoms with Crippen molar-refractivity contribution in [3.63, 3.8) is 0 Å². The van der Waals surface area contributed by atoms with E-state index in [0.29, 0.717) is 10.9 Å². The Hall–Kier alpha value is -1.53. The first kappa shape index (κ1) is 17.9. The molecule has 4 rings (SSSR count). The lowest BCUT2D eigenvalue weighted by Gasteiger charge is -2.36. The van der Waals surface area contributed by atoms with Gasteiger partial charge in [-0.15, -0.1) is 0 Å². The number of hydrogen-bond donors (Lipinski definition) is 1. The molecule has 3 fully saturated rings. The molecule has 26 heavy (non-hydrogen) atoms. The summed E-state index contributed by atoms with van der Waals surface area (Å²) in [5.74, 6) is 0.509. The molecule has 1 aromatic heterocycles. The third kappa shape index (κ3) is 4.41. The number of hydrogen-bond acceptors (Lipinski definition) is 4. The Morgan fingerprint density at radius 3 is 2.50 bits per heavy atom. The summed E-state index contributed by atoms with van der Waals surface area (Å²) in [4.78, 5) is 21.2. The lowest BCUT2D eigenvalue weighted by atomic mass is 9.93. The van der Waals surface area contributed by atoms with Crippen LogP contribution in [0.4, 0.5) is 4.79 Å². The second-order valence-electron chi connectivity index (χ2n) is 7.59. The number of nitrogens with zero attached hydrogens (tertiary/aromatic N) is 3. The minimum atomic E-state index is 0.0950. The molecule has 3 aliphatic rings. The minimum absolute atomic E-state index is 0.0950. The molecule has 6 nitrogen and oxygen atoms in total. The molecule has 1 aromatic rings. The van der Waals surface area contributed by atoms with Gasteiger partial charge in [0, 0.05) is 44.5 Å². The summed E-state index contributed by atoms with van der Waals surface area (Å²) in [7, 11) is 0. The van der Waals surface area contributed by atoms with Crippen molar-refractivity contribution in [1.29, 1.82) is 0 Å². The Morgan fingerprint density at radius 2 is 1.85 bits per heavy atom. The zero-order valence-corrected chi connectivity index (χ0v) is 15.8. The highest BCUT2D eigenvalue weighted by molar-refractivity contribution is 6.31. The van der Waals surface area contributed by atoms with E-state index < -0.39 is 0 Å². The summed E-state index contributed by atoms with van der Waals surface area (Å²) in [6.07, 6.45) is 8.17. The molecular formula is C19H27ClN4O2. The molecule has 7 heteroatoms. The monoisotopic (exact) mass is 378 g/mol. The van der Waals surface area contributed by atoms with Gasteiger partial charge in [-0.25, -0.2) is 9.78 Å². The number of piperazine rings is 1. The van der Waals surface area contributed by atoms with Crippen LogP contribution in [0.1, 0.15) is 38.5 Å². The van der Waals surface area contributed by atoms with Crippen LogP contribution in [-0.4, -0.2) is 65.2 Å². The zero-order chi connectivity index (χ0) is 17.9. The van der Waals surface area contributed by atoms with E-state index in [9.17, 15) is 4.79 Å². The summed E-state index contributed by atoms with van der Waals surface area (Å²) in [5.41, 5.74) is 0. The molecule has 1 saturated heterocycles. The third-order valence-corrected chi connectivity index (χ3v) is 5.96. The number of rotatable bonds is 4. The van der Waals surface area contributed by atoms with E-state index in [2.05, 4.69) is 15.2 Å². The molecule has 2 saturated carbocycles. The maximum atomic E-state index is 12.5. The van der Waals surface area contributed by atoms with Crippen molar-refractivity contribution in [1.82, 2.24) is 20.1 Å². The van der Waals surface area contributed by atoms with Crippen LogP contribution in [0, 0.1) is 0 Å². The molecule has 1 aliphatic heterocycles. The summed E-state index contributed by atoms with van der Waals surface area (Å²) >= 11 is 6.11. The van der Waals surface area contributed by atoms with Crippen LogP contribution in [0.15, 0.2) is 18.3 Å². The van der Waals surface area contributed by atoms with Crippen molar-refractivity contribution < 1.29 is 9.53 Å². The summed E-state index contributed by atoms with van der Waals surface area (Å²) in [6, 6.07) is 4.72. The molecule has 2 heterocycles. The van der Waals surface area contributed by atoms with E-state index in [-0.39, 0.29) is 18.2 Å². The van der Waals surface area contributed by atoms with Gasteiger partial charge in [-0.05, 0) is 50.7 Å². The first-order chi connectivity index (χ1) is 12.7. The van der Waals surface area contributed by atoms with Crippen molar-refractivity contribution in [3.8, 4) is 5.88 Å². The number of halogens is 1. The average Bonchev–Trinajstić information content (AvgIpc) is 3.50. The Balaban J connectivity index is 1.19.